The first-order chi connectivity index (χ1) is 11.4. The predicted octanol–water partition coefficient (Wildman–Crippen LogP) is 3.45. The van der Waals surface area contributed by atoms with Crippen LogP contribution < -0.4 is 10.6 Å². The summed E-state index contributed by atoms with van der Waals surface area (Å²) in [5.41, 5.74) is 0.535. The molecule has 1 fully saturated rings. The quantitative estimate of drug-likeness (QED) is 0.863. The van der Waals surface area contributed by atoms with E-state index in [4.69, 9.17) is 0 Å². The maximum absolute atomic E-state index is 13.3. The van der Waals surface area contributed by atoms with Crippen LogP contribution in [-0.2, 0) is 0 Å². The predicted molar refractivity (Wildman–Crippen MR) is 90.7 cm³/mol. The van der Waals surface area contributed by atoms with Crippen molar-refractivity contribution in [2.75, 3.05) is 19.6 Å². The van der Waals surface area contributed by atoms with Crippen molar-refractivity contribution in [1.82, 2.24) is 15.5 Å². The number of carbonyl (C=O) groups is 1. The molecule has 1 aliphatic heterocycles. The molecule has 2 N–H and O–H groups in total. The van der Waals surface area contributed by atoms with Gasteiger partial charge in [-0.15, -0.1) is 0 Å². The third-order valence-electron chi connectivity index (χ3n) is 4.62. The van der Waals surface area contributed by atoms with Gasteiger partial charge in [0.1, 0.15) is 0 Å². The molecular formula is C18H27F2N3O. The highest BCUT2D eigenvalue weighted by atomic mass is 19.2. The zero-order valence-corrected chi connectivity index (χ0v) is 14.6. The summed E-state index contributed by atoms with van der Waals surface area (Å²) < 4.78 is 26.2. The van der Waals surface area contributed by atoms with Gasteiger partial charge in [0.2, 0.25) is 0 Å². The van der Waals surface area contributed by atoms with E-state index in [1.807, 2.05) is 0 Å². The third-order valence-corrected chi connectivity index (χ3v) is 4.62. The molecule has 2 amide bonds. The van der Waals surface area contributed by atoms with Crippen LogP contribution in [0.4, 0.5) is 13.6 Å². The molecule has 6 heteroatoms. The van der Waals surface area contributed by atoms with E-state index in [2.05, 4.69) is 29.4 Å². The molecule has 1 heterocycles. The molecule has 1 saturated heterocycles. The van der Waals surface area contributed by atoms with Crippen molar-refractivity contribution in [3.8, 4) is 0 Å². The lowest BCUT2D eigenvalue weighted by molar-refractivity contribution is 0.139. The van der Waals surface area contributed by atoms with Crippen molar-refractivity contribution in [3.63, 3.8) is 0 Å². The van der Waals surface area contributed by atoms with Crippen LogP contribution in [0.15, 0.2) is 18.2 Å². The van der Waals surface area contributed by atoms with Crippen LogP contribution in [0.2, 0.25) is 0 Å². The highest BCUT2D eigenvalue weighted by molar-refractivity contribution is 5.74. The number of hydrogen-bond acceptors (Lipinski definition) is 2. The average molecular weight is 339 g/mol. The molecule has 0 saturated carbocycles. The van der Waals surface area contributed by atoms with Crippen LogP contribution in [0.25, 0.3) is 0 Å². The van der Waals surface area contributed by atoms with Crippen molar-refractivity contribution in [2.24, 2.45) is 5.92 Å². The highest BCUT2D eigenvalue weighted by Gasteiger charge is 2.22. The van der Waals surface area contributed by atoms with E-state index in [0.717, 1.165) is 38.1 Å². The number of urea groups is 1. The number of hydrogen-bond donors (Lipinski definition) is 2. The minimum atomic E-state index is -0.905. The van der Waals surface area contributed by atoms with Crippen LogP contribution in [0, 0.1) is 17.6 Å². The van der Waals surface area contributed by atoms with E-state index in [0.29, 0.717) is 24.1 Å². The number of benzene rings is 1. The fourth-order valence-electron chi connectivity index (χ4n) is 3.08. The van der Waals surface area contributed by atoms with Gasteiger partial charge in [-0.3, -0.25) is 0 Å². The summed E-state index contributed by atoms with van der Waals surface area (Å²) in [5.74, 6) is -1.34. The Morgan fingerprint density at radius 1 is 1.29 bits per heavy atom. The SMILES string of the molecule is CC(NC(=O)NCC1CCCN(C(C)C)C1)c1ccc(F)c(F)c1. The lowest BCUT2D eigenvalue weighted by Crippen LogP contribution is -2.45. The molecule has 2 rings (SSSR count). The van der Waals surface area contributed by atoms with Crippen molar-refractivity contribution >= 4 is 6.03 Å². The molecule has 1 aromatic carbocycles. The van der Waals surface area contributed by atoms with E-state index in [9.17, 15) is 13.6 Å². The summed E-state index contributed by atoms with van der Waals surface area (Å²) in [4.78, 5) is 14.5. The monoisotopic (exact) mass is 339 g/mol. The lowest BCUT2D eigenvalue weighted by atomic mass is 9.97. The Morgan fingerprint density at radius 2 is 2.04 bits per heavy atom. The van der Waals surface area contributed by atoms with Gasteiger partial charge < -0.3 is 15.5 Å². The lowest BCUT2D eigenvalue weighted by Gasteiger charge is -2.35. The Bertz CT molecular complexity index is 565. The van der Waals surface area contributed by atoms with E-state index in [1.54, 1.807) is 6.92 Å². The molecule has 0 radical (unpaired) electrons. The van der Waals surface area contributed by atoms with Crippen molar-refractivity contribution in [3.05, 3.63) is 35.4 Å². The topological polar surface area (TPSA) is 44.4 Å². The van der Waals surface area contributed by atoms with Crippen molar-refractivity contribution < 1.29 is 13.6 Å². The molecule has 0 spiro atoms. The number of nitrogens with one attached hydrogen (secondary N) is 2. The van der Waals surface area contributed by atoms with E-state index >= 15 is 0 Å². The van der Waals surface area contributed by atoms with Gasteiger partial charge in [-0.2, -0.15) is 0 Å². The average Bonchev–Trinajstić information content (AvgIpc) is 2.55. The Kier molecular flexibility index (Phi) is 6.54. The number of carbonyl (C=O) groups excluding carboxylic acids is 1. The van der Waals surface area contributed by atoms with Gasteiger partial charge in [-0.1, -0.05) is 6.07 Å². The molecule has 24 heavy (non-hydrogen) atoms. The number of rotatable bonds is 5. The smallest absolute Gasteiger partial charge is 0.315 e. The fourth-order valence-corrected chi connectivity index (χ4v) is 3.08. The van der Waals surface area contributed by atoms with Crippen LogP contribution >= 0.6 is 0 Å². The second kappa shape index (κ2) is 8.42. The number of amides is 2. The molecule has 2 atom stereocenters. The Morgan fingerprint density at radius 3 is 2.71 bits per heavy atom. The van der Waals surface area contributed by atoms with Crippen LogP contribution in [0.5, 0.6) is 0 Å². The summed E-state index contributed by atoms with van der Waals surface area (Å²) in [6.45, 7) is 8.86. The summed E-state index contributed by atoms with van der Waals surface area (Å²) in [6, 6.07) is 3.51. The van der Waals surface area contributed by atoms with E-state index < -0.39 is 17.7 Å². The van der Waals surface area contributed by atoms with Crippen molar-refractivity contribution in [2.45, 2.75) is 45.7 Å². The molecule has 4 nitrogen and oxygen atoms in total. The molecule has 0 aliphatic carbocycles. The Balaban J connectivity index is 1.79. The Hall–Kier alpha value is -1.69. The molecule has 1 aromatic rings. The second-order valence-electron chi connectivity index (χ2n) is 6.85. The number of halogens is 2. The van der Waals surface area contributed by atoms with Crippen molar-refractivity contribution in [1.29, 1.82) is 0 Å². The second-order valence-corrected chi connectivity index (χ2v) is 6.85. The van der Waals surface area contributed by atoms with Gasteiger partial charge >= 0.3 is 6.03 Å². The standard InChI is InChI=1S/C18H27F2N3O/c1-12(2)23-8-4-5-14(11-23)10-21-18(24)22-13(3)15-6-7-16(19)17(20)9-15/h6-7,9,12-14H,4-5,8,10-11H2,1-3H3,(H2,21,22,24). The first-order valence-corrected chi connectivity index (χ1v) is 8.60. The summed E-state index contributed by atoms with van der Waals surface area (Å²) in [6.07, 6.45) is 2.26. The molecule has 1 aliphatic rings. The summed E-state index contributed by atoms with van der Waals surface area (Å²) >= 11 is 0. The number of likely N-dealkylation sites (tertiary alicyclic amines) is 1. The van der Waals surface area contributed by atoms with Gasteiger partial charge in [-0.05, 0) is 63.8 Å². The Labute approximate surface area is 142 Å². The van der Waals surface area contributed by atoms with Gasteiger partial charge in [0.25, 0.3) is 0 Å². The van der Waals surface area contributed by atoms with Gasteiger partial charge in [0.15, 0.2) is 11.6 Å². The third kappa shape index (κ3) is 5.16. The first kappa shape index (κ1) is 18.6. The van der Waals surface area contributed by atoms with Gasteiger partial charge in [-0.25, -0.2) is 13.6 Å². The molecule has 134 valence electrons. The molecule has 2 unspecified atom stereocenters. The largest absolute Gasteiger partial charge is 0.338 e. The maximum atomic E-state index is 13.3. The fraction of sp³-hybridized carbons (Fsp3) is 0.611. The van der Waals surface area contributed by atoms with Crippen LogP contribution in [0.3, 0.4) is 0 Å². The summed E-state index contributed by atoms with van der Waals surface area (Å²) in [7, 11) is 0. The van der Waals surface area contributed by atoms with Crippen LogP contribution in [0.1, 0.15) is 45.2 Å². The van der Waals surface area contributed by atoms with E-state index in [-0.39, 0.29) is 6.03 Å². The number of nitrogens with zero attached hydrogens (tertiary/aromatic N) is 1. The minimum absolute atomic E-state index is 0.283. The molecule has 0 aromatic heterocycles. The summed E-state index contributed by atoms with van der Waals surface area (Å²) in [5, 5.41) is 5.66. The van der Waals surface area contributed by atoms with Gasteiger partial charge in [0, 0.05) is 19.1 Å². The normalized spacial score (nSPS) is 20.0. The zero-order valence-electron chi connectivity index (χ0n) is 14.6. The first-order valence-electron chi connectivity index (χ1n) is 8.60. The zero-order chi connectivity index (χ0) is 17.7. The van der Waals surface area contributed by atoms with Gasteiger partial charge in [0.05, 0.1) is 6.04 Å². The minimum Gasteiger partial charge on any atom is -0.338 e. The number of piperidine rings is 1. The van der Waals surface area contributed by atoms with E-state index in [1.165, 1.54) is 6.07 Å². The molecular weight excluding hydrogens is 312 g/mol. The van der Waals surface area contributed by atoms with Crippen LogP contribution in [-0.4, -0.2) is 36.6 Å². The molecule has 0 bridgehead atoms. The maximum Gasteiger partial charge on any atom is 0.315 e. The highest BCUT2D eigenvalue weighted by Crippen LogP contribution is 2.18.